The van der Waals surface area contributed by atoms with E-state index in [4.69, 9.17) is 4.74 Å². The molecule has 0 N–H and O–H groups in total. The van der Waals surface area contributed by atoms with Crippen LogP contribution in [0.3, 0.4) is 0 Å². The minimum atomic E-state index is -2.89. The lowest BCUT2D eigenvalue weighted by Gasteiger charge is -2.37. The molecule has 4 heterocycles. The molecular weight excluding hydrogens is 428 g/mol. The van der Waals surface area contributed by atoms with Gasteiger partial charge in [0.25, 0.3) is 5.91 Å². The Balaban J connectivity index is 1.14. The van der Waals surface area contributed by atoms with Gasteiger partial charge in [-0.25, -0.2) is 13.4 Å². The third kappa shape index (κ3) is 4.49. The van der Waals surface area contributed by atoms with Gasteiger partial charge in [0.1, 0.15) is 18.0 Å². The highest BCUT2D eigenvalue weighted by Crippen LogP contribution is 2.21. The van der Waals surface area contributed by atoms with Gasteiger partial charge in [0, 0.05) is 50.2 Å². The van der Waals surface area contributed by atoms with E-state index in [-0.39, 0.29) is 23.5 Å². The van der Waals surface area contributed by atoms with E-state index in [2.05, 4.69) is 9.88 Å². The quantitative estimate of drug-likeness (QED) is 0.585. The van der Waals surface area contributed by atoms with E-state index in [0.717, 1.165) is 11.3 Å². The van der Waals surface area contributed by atoms with Gasteiger partial charge < -0.3 is 14.0 Å². The number of nitrogens with zero attached hydrogens (tertiary/aromatic N) is 4. The first-order chi connectivity index (χ1) is 15.5. The second-order valence-corrected chi connectivity index (χ2v) is 10.6. The maximum atomic E-state index is 12.9. The maximum Gasteiger partial charge on any atom is 0.253 e. The SMILES string of the molecule is O=C(c1ccc(OCc2cn3ccccc3n2)cc1)N1CCN([C@@H]2CCS(=O)(=O)C2)CC1. The average molecular weight is 455 g/mol. The molecule has 3 aromatic rings. The molecule has 2 saturated heterocycles. The summed E-state index contributed by atoms with van der Waals surface area (Å²) < 4.78 is 31.2. The number of imidazole rings is 1. The van der Waals surface area contributed by atoms with Gasteiger partial charge in [-0.1, -0.05) is 6.07 Å². The fraction of sp³-hybridized carbons (Fsp3) is 0.391. The molecule has 0 unspecified atom stereocenters. The van der Waals surface area contributed by atoms with Crippen molar-refractivity contribution in [2.45, 2.75) is 19.1 Å². The monoisotopic (exact) mass is 454 g/mol. The van der Waals surface area contributed by atoms with Gasteiger partial charge in [0.2, 0.25) is 0 Å². The van der Waals surface area contributed by atoms with Crippen LogP contribution in [0.25, 0.3) is 5.65 Å². The largest absolute Gasteiger partial charge is 0.487 e. The third-order valence-corrected chi connectivity index (χ3v) is 7.98. The number of carbonyl (C=O) groups is 1. The van der Waals surface area contributed by atoms with Crippen LogP contribution < -0.4 is 4.74 Å². The van der Waals surface area contributed by atoms with E-state index >= 15 is 0 Å². The molecule has 5 rings (SSSR count). The predicted octanol–water partition coefficient (Wildman–Crippen LogP) is 1.86. The van der Waals surface area contributed by atoms with Crippen molar-refractivity contribution in [1.29, 1.82) is 0 Å². The number of pyridine rings is 1. The van der Waals surface area contributed by atoms with Crippen molar-refractivity contribution in [1.82, 2.24) is 19.2 Å². The number of sulfone groups is 1. The Hall–Kier alpha value is -2.91. The summed E-state index contributed by atoms with van der Waals surface area (Å²) in [7, 11) is -2.89. The molecule has 8 nitrogen and oxygen atoms in total. The van der Waals surface area contributed by atoms with Crippen LogP contribution in [0, 0.1) is 0 Å². The summed E-state index contributed by atoms with van der Waals surface area (Å²) in [5.41, 5.74) is 2.34. The van der Waals surface area contributed by atoms with Crippen molar-refractivity contribution in [3.8, 4) is 5.75 Å². The van der Waals surface area contributed by atoms with Gasteiger partial charge in [-0.05, 0) is 42.8 Å². The number of rotatable bonds is 5. The molecule has 1 aromatic carbocycles. The van der Waals surface area contributed by atoms with Gasteiger partial charge in [-0.15, -0.1) is 0 Å². The van der Waals surface area contributed by atoms with E-state index in [1.54, 1.807) is 12.1 Å². The number of amides is 1. The van der Waals surface area contributed by atoms with Crippen LogP contribution in [0.5, 0.6) is 5.75 Å². The zero-order valence-corrected chi connectivity index (χ0v) is 18.6. The van der Waals surface area contributed by atoms with Crippen molar-refractivity contribution in [2.75, 3.05) is 37.7 Å². The van der Waals surface area contributed by atoms with Gasteiger partial charge in [0.15, 0.2) is 9.84 Å². The van der Waals surface area contributed by atoms with E-state index in [1.165, 1.54) is 0 Å². The molecule has 0 bridgehead atoms. The summed E-state index contributed by atoms with van der Waals surface area (Å²) >= 11 is 0. The Kier molecular flexibility index (Phi) is 5.60. The molecule has 2 aliphatic rings. The van der Waals surface area contributed by atoms with Gasteiger partial charge in [-0.2, -0.15) is 0 Å². The molecular formula is C23H26N4O4S. The Morgan fingerprint density at radius 3 is 2.53 bits per heavy atom. The Bertz CT molecular complexity index is 1180. The first kappa shape index (κ1) is 21.0. The molecule has 2 aromatic heterocycles. The molecule has 0 radical (unpaired) electrons. The molecule has 1 atom stereocenters. The molecule has 2 fully saturated rings. The average Bonchev–Trinajstić information content (AvgIpc) is 3.40. The number of piperazine rings is 1. The zero-order valence-electron chi connectivity index (χ0n) is 17.8. The molecule has 32 heavy (non-hydrogen) atoms. The van der Waals surface area contributed by atoms with E-state index in [9.17, 15) is 13.2 Å². The Morgan fingerprint density at radius 2 is 1.84 bits per heavy atom. The van der Waals surface area contributed by atoms with Crippen molar-refractivity contribution in [2.24, 2.45) is 0 Å². The molecule has 0 aliphatic carbocycles. The summed E-state index contributed by atoms with van der Waals surface area (Å²) in [5.74, 6) is 1.21. The summed E-state index contributed by atoms with van der Waals surface area (Å²) in [6.07, 6.45) is 4.59. The normalized spacial score (nSPS) is 21.1. The van der Waals surface area contributed by atoms with Crippen LogP contribution in [0.4, 0.5) is 0 Å². The standard InChI is InChI=1S/C23H26N4O4S/c28-23(26-12-10-25(11-13-26)20-8-14-32(29,30)17-20)18-4-6-21(7-5-18)31-16-19-15-27-9-2-1-3-22(27)24-19/h1-7,9,15,20H,8,10-14,16-17H2/t20-/m1/s1. The van der Waals surface area contributed by atoms with Crippen molar-refractivity contribution >= 4 is 21.4 Å². The molecule has 168 valence electrons. The number of fused-ring (bicyclic) bond motifs is 1. The molecule has 9 heteroatoms. The fourth-order valence-corrected chi connectivity index (χ4v) is 6.21. The Morgan fingerprint density at radius 1 is 1.06 bits per heavy atom. The van der Waals surface area contributed by atoms with Crippen LogP contribution in [0.2, 0.25) is 0 Å². The molecule has 0 spiro atoms. The zero-order chi connectivity index (χ0) is 22.1. The van der Waals surface area contributed by atoms with Crippen LogP contribution in [0.15, 0.2) is 54.9 Å². The third-order valence-electron chi connectivity index (χ3n) is 6.23. The minimum Gasteiger partial charge on any atom is -0.487 e. The van der Waals surface area contributed by atoms with Crippen molar-refractivity contribution in [3.05, 3.63) is 66.1 Å². The number of carbonyl (C=O) groups excluding carboxylic acids is 1. The Labute approximate surface area is 187 Å². The predicted molar refractivity (Wildman–Crippen MR) is 121 cm³/mol. The second kappa shape index (κ2) is 8.55. The van der Waals surface area contributed by atoms with Crippen molar-refractivity contribution < 1.29 is 17.9 Å². The molecule has 2 aliphatic heterocycles. The summed E-state index contributed by atoms with van der Waals surface area (Å²) in [6.45, 7) is 3.01. The van der Waals surface area contributed by atoms with Gasteiger partial charge >= 0.3 is 0 Å². The van der Waals surface area contributed by atoms with Gasteiger partial charge in [-0.3, -0.25) is 9.69 Å². The van der Waals surface area contributed by atoms with Crippen LogP contribution in [-0.2, 0) is 16.4 Å². The lowest BCUT2D eigenvalue weighted by molar-refractivity contribution is 0.0588. The van der Waals surface area contributed by atoms with E-state index < -0.39 is 9.84 Å². The number of aromatic nitrogens is 2. The van der Waals surface area contributed by atoms with E-state index in [0.29, 0.717) is 50.5 Å². The summed E-state index contributed by atoms with van der Waals surface area (Å²) in [5, 5.41) is 0. The van der Waals surface area contributed by atoms with Crippen LogP contribution >= 0.6 is 0 Å². The van der Waals surface area contributed by atoms with Crippen LogP contribution in [0.1, 0.15) is 22.5 Å². The highest BCUT2D eigenvalue weighted by molar-refractivity contribution is 7.91. The fourth-order valence-electron chi connectivity index (χ4n) is 4.44. The highest BCUT2D eigenvalue weighted by atomic mass is 32.2. The van der Waals surface area contributed by atoms with E-state index in [1.807, 2.05) is 52.0 Å². The minimum absolute atomic E-state index is 0.00408. The first-order valence-corrected chi connectivity index (χ1v) is 12.7. The molecule has 0 saturated carbocycles. The highest BCUT2D eigenvalue weighted by Gasteiger charge is 2.34. The number of hydrogen-bond acceptors (Lipinski definition) is 6. The lowest BCUT2D eigenvalue weighted by atomic mass is 10.1. The number of benzene rings is 1. The lowest BCUT2D eigenvalue weighted by Crippen LogP contribution is -2.52. The van der Waals surface area contributed by atoms with Crippen molar-refractivity contribution in [3.63, 3.8) is 0 Å². The number of hydrogen-bond donors (Lipinski definition) is 0. The first-order valence-electron chi connectivity index (χ1n) is 10.9. The van der Waals surface area contributed by atoms with Crippen LogP contribution in [-0.4, -0.2) is 77.2 Å². The topological polar surface area (TPSA) is 84.2 Å². The maximum absolute atomic E-state index is 12.9. The number of ether oxygens (including phenoxy) is 1. The second-order valence-electron chi connectivity index (χ2n) is 8.40. The summed E-state index contributed by atoms with van der Waals surface area (Å²) in [6, 6.07) is 13.1. The summed E-state index contributed by atoms with van der Waals surface area (Å²) in [4.78, 5) is 21.4. The molecule has 1 amide bonds. The van der Waals surface area contributed by atoms with Gasteiger partial charge in [0.05, 0.1) is 17.2 Å². The smallest absolute Gasteiger partial charge is 0.253 e.